The minimum atomic E-state index is -0.945. The molecule has 0 unspecified atom stereocenters. The molecule has 0 spiro atoms. The summed E-state index contributed by atoms with van der Waals surface area (Å²) in [7, 11) is 0. The summed E-state index contributed by atoms with van der Waals surface area (Å²) in [5.74, 6) is -0.227. The van der Waals surface area contributed by atoms with Crippen molar-refractivity contribution in [3.8, 4) is 11.5 Å². The monoisotopic (exact) mass is 278 g/mol. The highest BCUT2D eigenvalue weighted by Crippen LogP contribution is 2.32. The molecule has 0 atom stereocenters. The van der Waals surface area contributed by atoms with E-state index in [4.69, 9.17) is 9.52 Å². The molecule has 0 bridgehead atoms. The van der Waals surface area contributed by atoms with Gasteiger partial charge < -0.3 is 14.1 Å². The lowest BCUT2D eigenvalue weighted by molar-refractivity contribution is 0.0697. The molecule has 1 aliphatic heterocycles. The van der Waals surface area contributed by atoms with E-state index in [-0.39, 0.29) is 5.56 Å². The van der Waals surface area contributed by atoms with Crippen LogP contribution in [0.25, 0.3) is 28.6 Å². The molecule has 0 fully saturated rings. The number of hydrogen-bond donors (Lipinski definition) is 1. The van der Waals surface area contributed by atoms with Gasteiger partial charge in [0, 0.05) is 29.6 Å². The van der Waals surface area contributed by atoms with E-state index in [0.717, 1.165) is 27.9 Å². The van der Waals surface area contributed by atoms with Crippen LogP contribution in [-0.4, -0.2) is 21.9 Å². The molecule has 0 aliphatic carbocycles. The van der Waals surface area contributed by atoms with Crippen LogP contribution in [0.3, 0.4) is 0 Å². The summed E-state index contributed by atoms with van der Waals surface area (Å²) >= 11 is 0. The number of carboxylic acid groups (broad SMARTS) is 1. The lowest BCUT2D eigenvalue weighted by atomic mass is 10.1. The van der Waals surface area contributed by atoms with Gasteiger partial charge in [0.2, 0.25) is 0 Å². The summed E-state index contributed by atoms with van der Waals surface area (Å²) in [4.78, 5) is 15.3. The summed E-state index contributed by atoms with van der Waals surface area (Å²) < 4.78 is 7.45. The minimum absolute atomic E-state index is 0.252. The Morgan fingerprint density at radius 3 is 3.00 bits per heavy atom. The summed E-state index contributed by atoms with van der Waals surface area (Å²) in [5, 5.41) is 10.1. The van der Waals surface area contributed by atoms with Crippen LogP contribution < -0.4 is 0 Å². The molecule has 0 saturated carbocycles. The first-order valence-electron chi connectivity index (χ1n) is 6.40. The average Bonchev–Trinajstić information content (AvgIpc) is 3.04. The van der Waals surface area contributed by atoms with Gasteiger partial charge in [-0.05, 0) is 24.3 Å². The maximum absolute atomic E-state index is 11.1. The SMILES string of the molecule is O=C(O)c1ccc2cc3n(c2c1)/C=C\N=C/c1ccoc1-3. The Labute approximate surface area is 119 Å². The maximum Gasteiger partial charge on any atom is 0.335 e. The first-order valence-corrected chi connectivity index (χ1v) is 6.40. The van der Waals surface area contributed by atoms with Crippen molar-refractivity contribution in [2.24, 2.45) is 4.99 Å². The summed E-state index contributed by atoms with van der Waals surface area (Å²) in [6.45, 7) is 0. The van der Waals surface area contributed by atoms with E-state index in [9.17, 15) is 4.79 Å². The molecular weight excluding hydrogens is 268 g/mol. The number of fused-ring (bicyclic) bond motifs is 5. The number of carbonyl (C=O) groups is 1. The van der Waals surface area contributed by atoms with Crippen LogP contribution in [0.1, 0.15) is 15.9 Å². The fourth-order valence-corrected chi connectivity index (χ4v) is 2.55. The standard InChI is InChI=1S/C16H10N2O3/c19-16(20)11-2-1-10-7-14-15-12(3-6-21-15)9-17-4-5-18(14)13(10)8-11/h1-9H,(H,19,20)/b5-4-,17-9-. The van der Waals surface area contributed by atoms with Crippen LogP contribution in [-0.2, 0) is 0 Å². The van der Waals surface area contributed by atoms with Crippen molar-refractivity contribution in [1.29, 1.82) is 0 Å². The van der Waals surface area contributed by atoms with Crippen molar-refractivity contribution < 1.29 is 14.3 Å². The van der Waals surface area contributed by atoms with Crippen LogP contribution in [0.5, 0.6) is 0 Å². The molecule has 3 heterocycles. The van der Waals surface area contributed by atoms with Crippen LogP contribution in [0, 0.1) is 0 Å². The van der Waals surface area contributed by atoms with Gasteiger partial charge in [-0.1, -0.05) is 6.07 Å². The number of aromatic carboxylic acids is 1. The molecule has 102 valence electrons. The normalized spacial score (nSPS) is 15.8. The third-order valence-corrected chi connectivity index (χ3v) is 3.53. The molecule has 0 saturated heterocycles. The van der Waals surface area contributed by atoms with Crippen LogP contribution in [0.15, 0.2) is 52.2 Å². The fraction of sp³-hybridized carbons (Fsp3) is 0. The lowest BCUT2D eigenvalue weighted by Gasteiger charge is -2.06. The first-order chi connectivity index (χ1) is 10.2. The minimum Gasteiger partial charge on any atom is -0.478 e. The Morgan fingerprint density at radius 2 is 2.14 bits per heavy atom. The third kappa shape index (κ3) is 1.71. The fourth-order valence-electron chi connectivity index (χ4n) is 2.55. The van der Waals surface area contributed by atoms with Crippen molar-refractivity contribution in [2.45, 2.75) is 0 Å². The quantitative estimate of drug-likeness (QED) is 0.741. The topological polar surface area (TPSA) is 67.7 Å². The van der Waals surface area contributed by atoms with Crippen molar-refractivity contribution in [3.63, 3.8) is 0 Å². The molecule has 5 heteroatoms. The molecule has 21 heavy (non-hydrogen) atoms. The predicted octanol–water partition coefficient (Wildman–Crippen LogP) is 3.46. The number of hydrogen-bond acceptors (Lipinski definition) is 3. The number of carboxylic acids is 1. The summed E-state index contributed by atoms with van der Waals surface area (Å²) in [6, 6.07) is 8.88. The van der Waals surface area contributed by atoms with Crippen LogP contribution >= 0.6 is 0 Å². The van der Waals surface area contributed by atoms with Crippen molar-refractivity contribution >= 4 is 29.3 Å². The molecular formula is C16H10N2O3. The van der Waals surface area contributed by atoms with Crippen LogP contribution in [0.2, 0.25) is 0 Å². The Hall–Kier alpha value is -3.08. The summed E-state index contributed by atoms with van der Waals surface area (Å²) in [6.07, 6.45) is 6.82. The van der Waals surface area contributed by atoms with E-state index >= 15 is 0 Å². The maximum atomic E-state index is 11.1. The van der Waals surface area contributed by atoms with E-state index in [1.165, 1.54) is 0 Å². The highest BCUT2D eigenvalue weighted by molar-refractivity contribution is 5.98. The highest BCUT2D eigenvalue weighted by Gasteiger charge is 2.17. The largest absolute Gasteiger partial charge is 0.478 e. The molecule has 1 aliphatic rings. The lowest BCUT2D eigenvalue weighted by Crippen LogP contribution is -1.97. The first kappa shape index (κ1) is 11.7. The zero-order chi connectivity index (χ0) is 14.4. The number of rotatable bonds is 1. The van der Waals surface area contributed by atoms with E-state index in [0.29, 0.717) is 0 Å². The number of aromatic nitrogens is 1. The number of aliphatic imine (C=N–C) groups is 1. The van der Waals surface area contributed by atoms with Gasteiger partial charge in [-0.3, -0.25) is 4.99 Å². The second-order valence-corrected chi connectivity index (χ2v) is 4.76. The Bertz CT molecular complexity index is 928. The predicted molar refractivity (Wildman–Crippen MR) is 79.5 cm³/mol. The highest BCUT2D eigenvalue weighted by atomic mass is 16.4. The molecule has 3 aromatic rings. The van der Waals surface area contributed by atoms with E-state index in [1.807, 2.05) is 16.7 Å². The molecule has 1 N–H and O–H groups in total. The molecule has 0 amide bonds. The number of benzene rings is 1. The van der Waals surface area contributed by atoms with Crippen LogP contribution in [0.4, 0.5) is 0 Å². The molecule has 4 rings (SSSR count). The average molecular weight is 278 g/mol. The zero-order valence-electron chi connectivity index (χ0n) is 10.9. The Kier molecular flexibility index (Phi) is 2.35. The van der Waals surface area contributed by atoms with Gasteiger partial charge in [0.1, 0.15) is 0 Å². The van der Waals surface area contributed by atoms with Crippen molar-refractivity contribution in [2.75, 3.05) is 0 Å². The Balaban J connectivity index is 2.07. The molecule has 1 aromatic carbocycles. The van der Waals surface area contributed by atoms with Gasteiger partial charge in [0.25, 0.3) is 0 Å². The van der Waals surface area contributed by atoms with Gasteiger partial charge in [-0.15, -0.1) is 0 Å². The zero-order valence-corrected chi connectivity index (χ0v) is 10.9. The third-order valence-electron chi connectivity index (χ3n) is 3.53. The smallest absolute Gasteiger partial charge is 0.335 e. The molecule has 5 nitrogen and oxygen atoms in total. The van der Waals surface area contributed by atoms with Gasteiger partial charge in [0.05, 0.1) is 23.0 Å². The number of furan rings is 1. The Morgan fingerprint density at radius 1 is 1.24 bits per heavy atom. The number of nitrogens with zero attached hydrogens (tertiary/aromatic N) is 2. The van der Waals surface area contributed by atoms with E-state index < -0.39 is 5.97 Å². The van der Waals surface area contributed by atoms with Gasteiger partial charge in [0.15, 0.2) is 5.76 Å². The van der Waals surface area contributed by atoms with Crippen molar-refractivity contribution in [1.82, 2.24) is 4.57 Å². The van der Waals surface area contributed by atoms with E-state index in [2.05, 4.69) is 4.99 Å². The molecule has 0 radical (unpaired) electrons. The molecule has 2 aromatic heterocycles. The summed E-state index contributed by atoms with van der Waals surface area (Å²) in [5.41, 5.74) is 2.82. The van der Waals surface area contributed by atoms with Gasteiger partial charge in [-0.25, -0.2) is 4.79 Å². The van der Waals surface area contributed by atoms with E-state index in [1.54, 1.807) is 43.1 Å². The second-order valence-electron chi connectivity index (χ2n) is 4.76. The van der Waals surface area contributed by atoms with Gasteiger partial charge >= 0.3 is 5.97 Å². The van der Waals surface area contributed by atoms with Crippen molar-refractivity contribution in [3.05, 3.63) is 53.9 Å². The second kappa shape index (κ2) is 4.21. The van der Waals surface area contributed by atoms with Gasteiger partial charge in [-0.2, -0.15) is 0 Å².